The third-order valence-electron chi connectivity index (χ3n) is 1.80. The van der Waals surface area contributed by atoms with E-state index in [4.69, 9.17) is 5.26 Å². The number of hydrogen-bond donors (Lipinski definition) is 0. The lowest BCUT2D eigenvalue weighted by Gasteiger charge is -2.03. The molecule has 0 spiro atoms. The second-order valence-corrected chi connectivity index (χ2v) is 2.73. The molecule has 0 N–H and O–H groups in total. The predicted octanol–water partition coefficient (Wildman–Crippen LogP) is 2.40. The third-order valence-corrected chi connectivity index (χ3v) is 1.80. The molecule has 0 aliphatic rings. The Hall–Kier alpha value is -1.36. The van der Waals surface area contributed by atoms with Crippen molar-refractivity contribution in [3.8, 4) is 6.07 Å². The van der Waals surface area contributed by atoms with E-state index in [0.717, 1.165) is 11.1 Å². The largest absolute Gasteiger partial charge is 0.231 e. The van der Waals surface area contributed by atoms with Crippen LogP contribution in [0.25, 0.3) is 0 Å². The van der Waals surface area contributed by atoms with E-state index in [1.807, 2.05) is 31.2 Å². The first-order valence-electron chi connectivity index (χ1n) is 3.82. The Morgan fingerprint density at radius 2 is 2.17 bits per heavy atom. The minimum absolute atomic E-state index is 0.198. The van der Waals surface area contributed by atoms with Crippen molar-refractivity contribution in [3.63, 3.8) is 0 Å². The molecule has 0 radical (unpaired) electrons. The van der Waals surface area contributed by atoms with Gasteiger partial charge in [-0.15, -0.1) is 0 Å². The molecule has 0 bridgehead atoms. The Morgan fingerprint density at radius 1 is 1.50 bits per heavy atom. The number of rotatable bonds is 2. The van der Waals surface area contributed by atoms with Crippen LogP contribution >= 0.6 is 0 Å². The van der Waals surface area contributed by atoms with E-state index in [-0.39, 0.29) is 6.42 Å². The van der Waals surface area contributed by atoms with Crippen LogP contribution < -0.4 is 0 Å². The van der Waals surface area contributed by atoms with E-state index in [2.05, 4.69) is 0 Å². The summed E-state index contributed by atoms with van der Waals surface area (Å²) >= 11 is 0. The summed E-state index contributed by atoms with van der Waals surface area (Å²) in [5.41, 5.74) is 1.95. The van der Waals surface area contributed by atoms with E-state index in [0.29, 0.717) is 0 Å². The molecular weight excluding hydrogens is 153 g/mol. The molecule has 0 amide bonds. The minimum atomic E-state index is -1.38. The molecule has 62 valence electrons. The fourth-order valence-electron chi connectivity index (χ4n) is 1.08. The van der Waals surface area contributed by atoms with Crippen molar-refractivity contribution in [3.05, 3.63) is 35.4 Å². The highest BCUT2D eigenvalue weighted by molar-refractivity contribution is 5.26. The quantitative estimate of drug-likeness (QED) is 0.656. The van der Waals surface area contributed by atoms with Crippen LogP contribution in [-0.4, -0.2) is 6.17 Å². The smallest absolute Gasteiger partial charge is 0.190 e. The summed E-state index contributed by atoms with van der Waals surface area (Å²) in [6.45, 7) is 1.92. The summed E-state index contributed by atoms with van der Waals surface area (Å²) in [5.74, 6) is 0. The highest BCUT2D eigenvalue weighted by Crippen LogP contribution is 2.10. The van der Waals surface area contributed by atoms with E-state index in [1.54, 1.807) is 6.07 Å². The van der Waals surface area contributed by atoms with Crippen molar-refractivity contribution < 1.29 is 4.39 Å². The van der Waals surface area contributed by atoms with Crippen molar-refractivity contribution in [2.75, 3.05) is 0 Å². The predicted molar refractivity (Wildman–Crippen MR) is 45.4 cm³/mol. The summed E-state index contributed by atoms with van der Waals surface area (Å²) in [4.78, 5) is 0. The van der Waals surface area contributed by atoms with Gasteiger partial charge in [-0.05, 0) is 18.1 Å². The number of halogens is 1. The van der Waals surface area contributed by atoms with Crippen LogP contribution in [0.15, 0.2) is 24.3 Å². The molecule has 1 aromatic carbocycles. The molecule has 12 heavy (non-hydrogen) atoms. The van der Waals surface area contributed by atoms with Gasteiger partial charge >= 0.3 is 0 Å². The van der Waals surface area contributed by atoms with Gasteiger partial charge in [0, 0.05) is 6.42 Å². The SMILES string of the molecule is Cc1ccccc1CC(F)C#N. The van der Waals surface area contributed by atoms with Crippen molar-refractivity contribution in [1.29, 1.82) is 5.26 Å². The van der Waals surface area contributed by atoms with E-state index >= 15 is 0 Å². The molecule has 1 atom stereocenters. The number of benzene rings is 1. The Morgan fingerprint density at radius 3 is 2.75 bits per heavy atom. The second kappa shape index (κ2) is 3.87. The van der Waals surface area contributed by atoms with Gasteiger partial charge in [-0.2, -0.15) is 5.26 Å². The maximum Gasteiger partial charge on any atom is 0.190 e. The maximum absolute atomic E-state index is 12.6. The van der Waals surface area contributed by atoms with Crippen LogP contribution in [-0.2, 0) is 6.42 Å². The Labute approximate surface area is 71.4 Å². The standard InChI is InChI=1S/C10H10FN/c1-8-4-2-3-5-9(8)6-10(11)7-12/h2-5,10H,6H2,1H3. The lowest BCUT2D eigenvalue weighted by molar-refractivity contribution is 0.407. The van der Waals surface area contributed by atoms with Crippen LogP contribution in [0.5, 0.6) is 0 Å². The van der Waals surface area contributed by atoms with Gasteiger partial charge in [0.1, 0.15) is 6.07 Å². The van der Waals surface area contributed by atoms with Gasteiger partial charge in [-0.25, -0.2) is 4.39 Å². The molecule has 1 nitrogen and oxygen atoms in total. The highest BCUT2D eigenvalue weighted by atomic mass is 19.1. The number of nitrogens with zero attached hydrogens (tertiary/aromatic N) is 1. The zero-order chi connectivity index (χ0) is 8.97. The second-order valence-electron chi connectivity index (χ2n) is 2.73. The minimum Gasteiger partial charge on any atom is -0.231 e. The summed E-state index contributed by atoms with van der Waals surface area (Å²) in [7, 11) is 0. The van der Waals surface area contributed by atoms with Gasteiger partial charge in [0.05, 0.1) is 0 Å². The van der Waals surface area contributed by atoms with Gasteiger partial charge in [0.2, 0.25) is 0 Å². The third kappa shape index (κ3) is 2.06. The normalized spacial score (nSPS) is 12.1. The van der Waals surface area contributed by atoms with Gasteiger partial charge in [-0.1, -0.05) is 24.3 Å². The highest BCUT2D eigenvalue weighted by Gasteiger charge is 2.06. The Kier molecular flexibility index (Phi) is 2.82. The molecule has 1 unspecified atom stereocenters. The zero-order valence-electron chi connectivity index (χ0n) is 6.92. The first-order valence-corrected chi connectivity index (χ1v) is 3.82. The fraction of sp³-hybridized carbons (Fsp3) is 0.300. The van der Waals surface area contributed by atoms with E-state index in [9.17, 15) is 4.39 Å². The van der Waals surface area contributed by atoms with Crippen LogP contribution in [0, 0.1) is 18.3 Å². The van der Waals surface area contributed by atoms with E-state index in [1.165, 1.54) is 0 Å². The monoisotopic (exact) mass is 163 g/mol. The van der Waals surface area contributed by atoms with Crippen molar-refractivity contribution in [2.24, 2.45) is 0 Å². The molecule has 1 rings (SSSR count). The van der Waals surface area contributed by atoms with E-state index < -0.39 is 6.17 Å². The molecule has 2 heteroatoms. The summed E-state index contributed by atoms with van der Waals surface area (Å²) in [6, 6.07) is 9.09. The lowest BCUT2D eigenvalue weighted by Crippen LogP contribution is -2.02. The molecule has 0 aliphatic heterocycles. The molecule has 0 saturated carbocycles. The van der Waals surface area contributed by atoms with Gasteiger partial charge in [-0.3, -0.25) is 0 Å². The Bertz CT molecular complexity index is 301. The summed E-state index contributed by atoms with van der Waals surface area (Å²) in [5, 5.41) is 8.26. The zero-order valence-corrected chi connectivity index (χ0v) is 6.92. The van der Waals surface area contributed by atoms with Crippen LogP contribution in [0.2, 0.25) is 0 Å². The average Bonchev–Trinajstić information content (AvgIpc) is 2.09. The molecule has 0 saturated heterocycles. The lowest BCUT2D eigenvalue weighted by atomic mass is 10.0. The van der Waals surface area contributed by atoms with Crippen LogP contribution in [0.3, 0.4) is 0 Å². The molecule has 0 fully saturated rings. The maximum atomic E-state index is 12.6. The number of nitriles is 1. The molecule has 0 aliphatic carbocycles. The first kappa shape index (κ1) is 8.73. The summed E-state index contributed by atoms with van der Waals surface area (Å²) < 4.78 is 12.6. The van der Waals surface area contributed by atoms with Crippen LogP contribution in [0.4, 0.5) is 4.39 Å². The van der Waals surface area contributed by atoms with Crippen LogP contribution in [0.1, 0.15) is 11.1 Å². The number of aryl methyl sites for hydroxylation is 1. The Balaban J connectivity index is 2.77. The number of alkyl halides is 1. The first-order chi connectivity index (χ1) is 5.74. The van der Waals surface area contributed by atoms with Crippen molar-refractivity contribution in [2.45, 2.75) is 19.5 Å². The molecule has 1 aromatic rings. The fourth-order valence-corrected chi connectivity index (χ4v) is 1.08. The molecule has 0 heterocycles. The average molecular weight is 163 g/mol. The molecule has 0 aromatic heterocycles. The molecular formula is C10H10FN. The van der Waals surface area contributed by atoms with Gasteiger partial charge in [0.25, 0.3) is 0 Å². The van der Waals surface area contributed by atoms with Gasteiger partial charge < -0.3 is 0 Å². The van der Waals surface area contributed by atoms with Gasteiger partial charge in [0.15, 0.2) is 6.17 Å². The summed E-state index contributed by atoms with van der Waals surface area (Å²) in [6.07, 6.45) is -1.19. The van der Waals surface area contributed by atoms with Crippen molar-refractivity contribution >= 4 is 0 Å². The number of hydrogen-bond acceptors (Lipinski definition) is 1. The topological polar surface area (TPSA) is 23.8 Å². The van der Waals surface area contributed by atoms with Crippen molar-refractivity contribution in [1.82, 2.24) is 0 Å².